The van der Waals surface area contributed by atoms with Crippen molar-refractivity contribution in [3.8, 4) is 6.07 Å². The van der Waals surface area contributed by atoms with E-state index < -0.39 is 0 Å². The SMILES string of the molecule is CC(C)(C)CC(=O)Nc1sc2c(c1C#N)CCCCCC2. The lowest BCUT2D eigenvalue weighted by Crippen LogP contribution is -2.19. The van der Waals surface area contributed by atoms with Crippen molar-refractivity contribution in [1.29, 1.82) is 5.26 Å². The fourth-order valence-corrected chi connectivity index (χ4v) is 4.03. The highest BCUT2D eigenvalue weighted by molar-refractivity contribution is 7.16. The minimum Gasteiger partial charge on any atom is -0.317 e. The van der Waals surface area contributed by atoms with Gasteiger partial charge in [-0.2, -0.15) is 5.26 Å². The lowest BCUT2D eigenvalue weighted by Gasteiger charge is -2.16. The van der Waals surface area contributed by atoms with E-state index in [1.807, 2.05) is 20.8 Å². The maximum absolute atomic E-state index is 12.1. The summed E-state index contributed by atoms with van der Waals surface area (Å²) < 4.78 is 0. The first-order valence-corrected chi connectivity index (χ1v) is 8.57. The Hall–Kier alpha value is -1.34. The molecule has 2 rings (SSSR count). The Kier molecular flexibility index (Phi) is 5.05. The molecule has 1 N–H and O–H groups in total. The van der Waals surface area contributed by atoms with Gasteiger partial charge in [-0.15, -0.1) is 11.3 Å². The molecule has 4 heteroatoms. The third-order valence-electron chi connectivity index (χ3n) is 3.73. The van der Waals surface area contributed by atoms with Gasteiger partial charge in [0, 0.05) is 11.3 Å². The summed E-state index contributed by atoms with van der Waals surface area (Å²) in [6, 6.07) is 2.32. The van der Waals surface area contributed by atoms with Crippen molar-refractivity contribution in [2.75, 3.05) is 5.32 Å². The number of fused-ring (bicyclic) bond motifs is 1. The second kappa shape index (κ2) is 6.62. The molecule has 0 unspecified atom stereocenters. The monoisotopic (exact) mass is 304 g/mol. The smallest absolute Gasteiger partial charge is 0.225 e. The van der Waals surface area contributed by atoms with Crippen molar-refractivity contribution in [3.05, 3.63) is 16.0 Å². The number of hydrogen-bond donors (Lipinski definition) is 1. The molecule has 1 aliphatic rings. The van der Waals surface area contributed by atoms with Crippen LogP contribution in [0.25, 0.3) is 0 Å². The Bertz CT molecular complexity index is 561. The molecule has 1 aromatic heterocycles. The number of rotatable bonds is 2. The third-order valence-corrected chi connectivity index (χ3v) is 4.93. The summed E-state index contributed by atoms with van der Waals surface area (Å²) in [5, 5.41) is 13.2. The van der Waals surface area contributed by atoms with Gasteiger partial charge in [-0.05, 0) is 36.7 Å². The lowest BCUT2D eigenvalue weighted by molar-refractivity contribution is -0.117. The number of anilines is 1. The second-order valence-corrected chi connectivity index (χ2v) is 8.12. The van der Waals surface area contributed by atoms with Crippen LogP contribution in [0.15, 0.2) is 0 Å². The Morgan fingerprint density at radius 1 is 1.24 bits per heavy atom. The van der Waals surface area contributed by atoms with Crippen molar-refractivity contribution < 1.29 is 4.79 Å². The second-order valence-electron chi connectivity index (χ2n) is 7.02. The van der Waals surface area contributed by atoms with E-state index in [0.29, 0.717) is 12.0 Å². The average Bonchev–Trinajstić information content (AvgIpc) is 2.63. The predicted octanol–water partition coefficient (Wildman–Crippen LogP) is 4.65. The van der Waals surface area contributed by atoms with Crippen LogP contribution in [0.2, 0.25) is 0 Å². The van der Waals surface area contributed by atoms with Gasteiger partial charge >= 0.3 is 0 Å². The average molecular weight is 304 g/mol. The maximum Gasteiger partial charge on any atom is 0.225 e. The number of nitrogens with one attached hydrogen (secondary N) is 1. The number of nitrogens with zero attached hydrogens (tertiary/aromatic N) is 1. The first-order chi connectivity index (χ1) is 9.90. The summed E-state index contributed by atoms with van der Waals surface area (Å²) in [5.74, 6) is 0.00761. The van der Waals surface area contributed by atoms with Crippen LogP contribution in [0.5, 0.6) is 0 Å². The zero-order valence-corrected chi connectivity index (χ0v) is 14.0. The molecule has 0 saturated carbocycles. The fourth-order valence-electron chi connectivity index (χ4n) is 2.78. The fraction of sp³-hybridized carbons (Fsp3) is 0.647. The highest BCUT2D eigenvalue weighted by Gasteiger charge is 2.22. The minimum absolute atomic E-state index is 0.00761. The maximum atomic E-state index is 12.1. The standard InChI is InChI=1S/C17H24N2OS/c1-17(2,3)10-15(20)19-16-13(11-18)12-8-6-4-5-7-9-14(12)21-16/h4-10H2,1-3H3,(H,19,20). The van der Waals surface area contributed by atoms with E-state index >= 15 is 0 Å². The quantitative estimate of drug-likeness (QED) is 0.864. The van der Waals surface area contributed by atoms with Gasteiger partial charge in [-0.1, -0.05) is 33.6 Å². The molecular formula is C17H24N2OS. The molecule has 0 aliphatic heterocycles. The molecule has 0 saturated heterocycles. The molecule has 114 valence electrons. The Labute approximate surface area is 131 Å². The van der Waals surface area contributed by atoms with Gasteiger partial charge in [0.1, 0.15) is 11.1 Å². The van der Waals surface area contributed by atoms with Gasteiger partial charge in [-0.3, -0.25) is 4.79 Å². The third kappa shape index (κ3) is 4.31. The highest BCUT2D eigenvalue weighted by Crippen LogP contribution is 2.36. The van der Waals surface area contributed by atoms with Crippen LogP contribution < -0.4 is 5.32 Å². The summed E-state index contributed by atoms with van der Waals surface area (Å²) in [6.07, 6.45) is 7.34. The van der Waals surface area contributed by atoms with Crippen LogP contribution >= 0.6 is 11.3 Å². The molecule has 0 aromatic carbocycles. The number of hydrogen-bond acceptors (Lipinski definition) is 3. The zero-order valence-electron chi connectivity index (χ0n) is 13.2. The van der Waals surface area contributed by atoms with Gasteiger partial charge in [-0.25, -0.2) is 0 Å². The lowest BCUT2D eigenvalue weighted by atomic mass is 9.92. The van der Waals surface area contributed by atoms with Crippen LogP contribution in [0, 0.1) is 16.7 Å². The molecule has 0 spiro atoms. The summed E-state index contributed by atoms with van der Waals surface area (Å²) in [7, 11) is 0. The number of nitriles is 1. The molecule has 1 heterocycles. The molecule has 0 bridgehead atoms. The van der Waals surface area contributed by atoms with E-state index in [-0.39, 0.29) is 11.3 Å². The molecule has 1 amide bonds. The molecule has 1 aromatic rings. The summed E-state index contributed by atoms with van der Waals surface area (Å²) in [5.41, 5.74) is 1.86. The minimum atomic E-state index is -0.0390. The number of carbonyl (C=O) groups excluding carboxylic acids is 1. The van der Waals surface area contributed by atoms with Gasteiger partial charge in [0.2, 0.25) is 5.91 Å². The van der Waals surface area contributed by atoms with Gasteiger partial charge in [0.15, 0.2) is 0 Å². The van der Waals surface area contributed by atoms with Crippen LogP contribution in [-0.2, 0) is 17.6 Å². The summed E-state index contributed by atoms with van der Waals surface area (Å²) in [6.45, 7) is 6.14. The summed E-state index contributed by atoms with van der Waals surface area (Å²) >= 11 is 1.61. The molecule has 0 fully saturated rings. The van der Waals surface area contributed by atoms with Crippen LogP contribution in [0.4, 0.5) is 5.00 Å². The number of carbonyl (C=O) groups is 1. The van der Waals surface area contributed by atoms with Crippen LogP contribution in [0.3, 0.4) is 0 Å². The van der Waals surface area contributed by atoms with E-state index in [0.717, 1.165) is 24.3 Å². The molecule has 3 nitrogen and oxygen atoms in total. The molecule has 1 aliphatic carbocycles. The van der Waals surface area contributed by atoms with E-state index in [1.165, 1.54) is 29.7 Å². The van der Waals surface area contributed by atoms with E-state index in [1.54, 1.807) is 11.3 Å². The van der Waals surface area contributed by atoms with Gasteiger partial charge < -0.3 is 5.32 Å². The van der Waals surface area contributed by atoms with E-state index in [2.05, 4.69) is 11.4 Å². The highest BCUT2D eigenvalue weighted by atomic mass is 32.1. The largest absolute Gasteiger partial charge is 0.317 e. The number of aryl methyl sites for hydroxylation is 1. The first kappa shape index (κ1) is 16.0. The predicted molar refractivity (Wildman–Crippen MR) is 87.6 cm³/mol. The van der Waals surface area contributed by atoms with Crippen molar-refractivity contribution in [2.24, 2.45) is 5.41 Å². The normalized spacial score (nSPS) is 15.5. The molecular weight excluding hydrogens is 280 g/mol. The number of thiophene rings is 1. The topological polar surface area (TPSA) is 52.9 Å². The Balaban J connectivity index is 2.22. The van der Waals surface area contributed by atoms with Crippen molar-refractivity contribution in [1.82, 2.24) is 0 Å². The van der Waals surface area contributed by atoms with Gasteiger partial charge in [0.05, 0.1) is 5.56 Å². The molecule has 21 heavy (non-hydrogen) atoms. The van der Waals surface area contributed by atoms with Crippen LogP contribution in [0.1, 0.15) is 68.9 Å². The Morgan fingerprint density at radius 2 is 1.90 bits per heavy atom. The van der Waals surface area contributed by atoms with E-state index in [9.17, 15) is 10.1 Å². The van der Waals surface area contributed by atoms with Crippen LogP contribution in [-0.4, -0.2) is 5.91 Å². The summed E-state index contributed by atoms with van der Waals surface area (Å²) in [4.78, 5) is 13.4. The van der Waals surface area contributed by atoms with Crippen molar-refractivity contribution >= 4 is 22.2 Å². The number of amides is 1. The first-order valence-electron chi connectivity index (χ1n) is 7.75. The van der Waals surface area contributed by atoms with E-state index in [4.69, 9.17) is 0 Å². The van der Waals surface area contributed by atoms with Crippen molar-refractivity contribution in [2.45, 2.75) is 65.7 Å². The molecule has 0 atom stereocenters. The zero-order chi connectivity index (χ0) is 15.5. The van der Waals surface area contributed by atoms with Crippen molar-refractivity contribution in [3.63, 3.8) is 0 Å². The Morgan fingerprint density at radius 3 is 2.52 bits per heavy atom. The molecule has 0 radical (unpaired) electrons. The van der Waals surface area contributed by atoms with Gasteiger partial charge in [0.25, 0.3) is 0 Å².